The summed E-state index contributed by atoms with van der Waals surface area (Å²) in [6.45, 7) is 3.66. The van der Waals surface area contributed by atoms with E-state index in [1.165, 1.54) is 225 Å². The first kappa shape index (κ1) is 85.7. The number of hydrogen-bond acceptors (Lipinski definition) is 8. The van der Waals surface area contributed by atoms with Gasteiger partial charge in [-0.05, 0) is 103 Å². The zero-order chi connectivity index (χ0) is 64.4. The van der Waals surface area contributed by atoms with Crippen molar-refractivity contribution >= 4 is 19.8 Å². The van der Waals surface area contributed by atoms with Crippen LogP contribution in [0.25, 0.3) is 0 Å². The molecular formula is C79H140NO8P. The van der Waals surface area contributed by atoms with Crippen LogP contribution in [0.15, 0.2) is 109 Å². The van der Waals surface area contributed by atoms with E-state index in [0.717, 1.165) is 89.9 Å². The molecule has 0 aliphatic rings. The van der Waals surface area contributed by atoms with Crippen LogP contribution in [0.3, 0.4) is 0 Å². The predicted molar refractivity (Wildman–Crippen MR) is 385 cm³/mol. The van der Waals surface area contributed by atoms with Crippen LogP contribution in [0, 0.1) is 0 Å². The molecule has 0 fully saturated rings. The topological polar surface area (TPSA) is 134 Å². The van der Waals surface area contributed by atoms with Gasteiger partial charge in [-0.1, -0.05) is 342 Å². The molecule has 0 aromatic rings. The molecule has 0 saturated heterocycles. The van der Waals surface area contributed by atoms with Gasteiger partial charge in [0.2, 0.25) is 0 Å². The molecule has 0 saturated carbocycles. The average Bonchev–Trinajstić information content (AvgIpc) is 3.68. The molecule has 0 spiro atoms. The lowest BCUT2D eigenvalue weighted by Gasteiger charge is -2.19. The van der Waals surface area contributed by atoms with Crippen molar-refractivity contribution in [2.45, 2.75) is 354 Å². The number of rotatable bonds is 70. The van der Waals surface area contributed by atoms with E-state index in [9.17, 15) is 19.0 Å². The van der Waals surface area contributed by atoms with Gasteiger partial charge >= 0.3 is 19.8 Å². The van der Waals surface area contributed by atoms with Gasteiger partial charge in [0.1, 0.15) is 6.61 Å². The van der Waals surface area contributed by atoms with Crippen LogP contribution in [0.4, 0.5) is 0 Å². The molecule has 0 amide bonds. The Morgan fingerprint density at radius 3 is 0.921 bits per heavy atom. The summed E-state index contributed by atoms with van der Waals surface area (Å²) >= 11 is 0. The van der Waals surface area contributed by atoms with Crippen molar-refractivity contribution in [3.05, 3.63) is 109 Å². The first-order valence-electron chi connectivity index (χ1n) is 37.4. The van der Waals surface area contributed by atoms with E-state index in [1.807, 2.05) is 0 Å². The lowest BCUT2D eigenvalue weighted by atomic mass is 10.0. The molecule has 2 unspecified atom stereocenters. The highest BCUT2D eigenvalue weighted by Gasteiger charge is 2.26. The molecule has 0 heterocycles. The minimum absolute atomic E-state index is 0.0515. The van der Waals surface area contributed by atoms with Gasteiger partial charge in [-0.15, -0.1) is 0 Å². The first-order chi connectivity index (χ1) is 43.8. The Morgan fingerprint density at radius 1 is 0.348 bits per heavy atom. The molecule has 0 rings (SSSR count). The second-order valence-electron chi connectivity index (χ2n) is 24.8. The third-order valence-corrected chi connectivity index (χ3v) is 17.1. The molecule has 0 bridgehead atoms. The highest BCUT2D eigenvalue weighted by atomic mass is 31.2. The largest absolute Gasteiger partial charge is 0.472 e. The zero-order valence-electron chi connectivity index (χ0n) is 57.9. The number of esters is 2. The fourth-order valence-corrected chi connectivity index (χ4v) is 11.4. The standard InChI is InChI=1S/C79H140NO8P/c1-3-5-7-9-11-13-15-17-19-21-23-25-27-29-31-33-35-36-37-38-39-40-42-44-46-48-50-52-54-56-58-60-62-64-66-68-70-72-79(82)88-77(76-87-89(83,84)86-74-73-80)75-85-78(81)71-69-67-65-63-61-59-57-55-53-51-49-47-45-43-41-34-32-30-28-26-24-22-20-18-16-14-12-10-8-6-4-2/h5,7,11,13,16-19,22-25,29,31,35-36,38-39,77H,3-4,6,8-10,12,14-15,20-21,26-28,30,32-34,37,40-76,80H2,1-2H3,(H,83,84)/b7-5-,13-11-,18-16-,19-17-,24-22-,25-23-,31-29-,36-35-,39-38-. The number of hydrogen-bond donors (Lipinski definition) is 2. The Morgan fingerprint density at radius 2 is 0.618 bits per heavy atom. The molecule has 10 heteroatoms. The maximum absolute atomic E-state index is 12.8. The highest BCUT2D eigenvalue weighted by Crippen LogP contribution is 2.43. The van der Waals surface area contributed by atoms with Crippen LogP contribution in [0.2, 0.25) is 0 Å². The summed E-state index contributed by atoms with van der Waals surface area (Å²) in [4.78, 5) is 35.4. The number of allylic oxidation sites excluding steroid dienone is 18. The summed E-state index contributed by atoms with van der Waals surface area (Å²) in [5, 5.41) is 0. The van der Waals surface area contributed by atoms with Gasteiger partial charge in [0.15, 0.2) is 6.10 Å². The molecule has 3 N–H and O–H groups in total. The van der Waals surface area contributed by atoms with E-state index < -0.39 is 26.5 Å². The van der Waals surface area contributed by atoms with Crippen molar-refractivity contribution in [3.8, 4) is 0 Å². The lowest BCUT2D eigenvalue weighted by Crippen LogP contribution is -2.29. The first-order valence-corrected chi connectivity index (χ1v) is 38.9. The van der Waals surface area contributed by atoms with Gasteiger partial charge in [-0.3, -0.25) is 18.6 Å². The maximum Gasteiger partial charge on any atom is 0.472 e. The van der Waals surface area contributed by atoms with E-state index >= 15 is 0 Å². The van der Waals surface area contributed by atoms with Crippen LogP contribution in [-0.4, -0.2) is 49.3 Å². The van der Waals surface area contributed by atoms with Gasteiger partial charge < -0.3 is 20.1 Å². The third-order valence-electron chi connectivity index (χ3n) is 16.1. The van der Waals surface area contributed by atoms with Crippen molar-refractivity contribution in [1.82, 2.24) is 0 Å². The minimum atomic E-state index is -4.40. The quantitative estimate of drug-likeness (QED) is 0.0264. The van der Waals surface area contributed by atoms with Crippen molar-refractivity contribution < 1.29 is 37.6 Å². The maximum atomic E-state index is 12.8. The number of phosphoric acid groups is 1. The summed E-state index contributed by atoms with van der Waals surface area (Å²) in [6.07, 6.45) is 102. The monoisotopic (exact) mass is 1260 g/mol. The Kier molecular flexibility index (Phi) is 71.0. The SMILES string of the molecule is CC/C=C\C/C=C\C/C=C\C/C=C\C/C=C\C/C=C\C/C=C\CCCCCCCCCCCCCCCCCC(=O)OC(COC(=O)CCCCCCCCCCCCCCCCCCCCC/C=C\C/C=C\CCCCCCC)COP(=O)(O)OCCN. The van der Waals surface area contributed by atoms with E-state index in [-0.39, 0.29) is 38.6 Å². The van der Waals surface area contributed by atoms with Crippen molar-refractivity contribution in [2.75, 3.05) is 26.4 Å². The second-order valence-corrected chi connectivity index (χ2v) is 26.2. The Hall–Kier alpha value is -3.33. The summed E-state index contributed by atoms with van der Waals surface area (Å²) in [5.74, 6) is -0.816. The lowest BCUT2D eigenvalue weighted by molar-refractivity contribution is -0.161. The van der Waals surface area contributed by atoms with Gasteiger partial charge in [0, 0.05) is 19.4 Å². The van der Waals surface area contributed by atoms with E-state index in [4.69, 9.17) is 24.3 Å². The summed E-state index contributed by atoms with van der Waals surface area (Å²) in [7, 11) is -4.40. The molecule has 514 valence electrons. The molecule has 89 heavy (non-hydrogen) atoms. The van der Waals surface area contributed by atoms with Crippen LogP contribution >= 0.6 is 7.82 Å². The Labute approximate surface area is 549 Å². The van der Waals surface area contributed by atoms with Gasteiger partial charge in [-0.25, -0.2) is 4.57 Å². The summed E-state index contributed by atoms with van der Waals surface area (Å²) in [6, 6.07) is 0. The highest BCUT2D eigenvalue weighted by molar-refractivity contribution is 7.47. The minimum Gasteiger partial charge on any atom is -0.462 e. The Balaban J connectivity index is 3.85. The third kappa shape index (κ3) is 73.6. The number of phosphoric ester groups is 1. The number of nitrogens with two attached hydrogens (primary N) is 1. The van der Waals surface area contributed by atoms with E-state index in [0.29, 0.717) is 6.42 Å². The van der Waals surface area contributed by atoms with Gasteiger partial charge in [0.25, 0.3) is 0 Å². The van der Waals surface area contributed by atoms with Crippen molar-refractivity contribution in [3.63, 3.8) is 0 Å². The smallest absolute Gasteiger partial charge is 0.462 e. The Bertz CT molecular complexity index is 1830. The molecular weight excluding hydrogens is 1120 g/mol. The van der Waals surface area contributed by atoms with Gasteiger partial charge in [0.05, 0.1) is 13.2 Å². The molecule has 9 nitrogen and oxygen atoms in total. The van der Waals surface area contributed by atoms with Crippen LogP contribution in [0.1, 0.15) is 348 Å². The van der Waals surface area contributed by atoms with Gasteiger partial charge in [-0.2, -0.15) is 0 Å². The second kappa shape index (κ2) is 73.7. The molecule has 0 aliphatic heterocycles. The fraction of sp³-hybridized carbons (Fsp3) is 0.747. The normalized spacial score (nSPS) is 13.5. The average molecular weight is 1260 g/mol. The van der Waals surface area contributed by atoms with E-state index in [1.54, 1.807) is 0 Å². The predicted octanol–water partition coefficient (Wildman–Crippen LogP) is 24.9. The molecule has 0 radical (unpaired) electrons. The zero-order valence-corrected chi connectivity index (χ0v) is 58.8. The van der Waals surface area contributed by atoms with E-state index in [2.05, 4.69) is 123 Å². The summed E-state index contributed by atoms with van der Waals surface area (Å²) in [5.41, 5.74) is 5.41. The molecule has 0 aromatic heterocycles. The molecule has 0 aliphatic carbocycles. The molecule has 0 aromatic carbocycles. The van der Waals surface area contributed by atoms with Crippen molar-refractivity contribution in [2.24, 2.45) is 5.73 Å². The van der Waals surface area contributed by atoms with Crippen molar-refractivity contribution in [1.29, 1.82) is 0 Å². The van der Waals surface area contributed by atoms with Crippen LogP contribution in [0.5, 0.6) is 0 Å². The molecule has 2 atom stereocenters. The number of carbonyl (C=O) groups is 2. The number of unbranched alkanes of at least 4 members (excludes halogenated alkanes) is 39. The van der Waals surface area contributed by atoms with Crippen LogP contribution < -0.4 is 5.73 Å². The summed E-state index contributed by atoms with van der Waals surface area (Å²) < 4.78 is 33.2. The number of ether oxygens (including phenoxy) is 2. The number of carbonyl (C=O) groups excluding carboxylic acids is 2. The fourth-order valence-electron chi connectivity index (χ4n) is 10.7. The van der Waals surface area contributed by atoms with Crippen LogP contribution in [-0.2, 0) is 32.7 Å².